The molecule has 0 saturated carbocycles. The highest BCUT2D eigenvalue weighted by atomic mass is 35.5. The average Bonchev–Trinajstić information content (AvgIpc) is 3.01. The van der Waals surface area contributed by atoms with E-state index in [1.54, 1.807) is 6.33 Å². The van der Waals surface area contributed by atoms with Gasteiger partial charge in [0.1, 0.15) is 6.33 Å². The number of ether oxygens (including phenoxy) is 1. The molecule has 6 nitrogen and oxygen atoms in total. The van der Waals surface area contributed by atoms with Gasteiger partial charge in [-0.3, -0.25) is 4.79 Å². The Hall–Kier alpha value is -2.22. The van der Waals surface area contributed by atoms with E-state index in [4.69, 9.17) is 27.9 Å². The molecule has 0 unspecified atom stereocenters. The number of methoxy groups -OCH3 is 1. The molecule has 1 N–H and O–H groups in total. The Morgan fingerprint density at radius 3 is 2.38 bits per heavy atom. The summed E-state index contributed by atoms with van der Waals surface area (Å²) in [6.07, 6.45) is 1.64. The van der Waals surface area contributed by atoms with Crippen LogP contribution in [0.1, 0.15) is 10.4 Å². The number of nitrogens with zero attached hydrogens (tertiary/aromatic N) is 3. The number of amides is 1. The quantitative estimate of drug-likeness (QED) is 0.671. The van der Waals surface area contributed by atoms with Crippen LogP contribution in [0.25, 0.3) is 0 Å². The maximum absolute atomic E-state index is 12.4. The molecule has 3 aromatic rings. The van der Waals surface area contributed by atoms with Crippen LogP contribution in [0.4, 0.5) is 5.69 Å². The van der Waals surface area contributed by atoms with Crippen molar-refractivity contribution in [1.82, 2.24) is 14.8 Å². The molecular formula is C17H14Cl2N4O2S. The molecule has 0 aliphatic carbocycles. The van der Waals surface area contributed by atoms with Crippen LogP contribution >= 0.6 is 35.0 Å². The van der Waals surface area contributed by atoms with Crippen molar-refractivity contribution in [2.45, 2.75) is 10.1 Å². The lowest BCUT2D eigenvalue weighted by molar-refractivity contribution is 0.102. The van der Waals surface area contributed by atoms with E-state index < -0.39 is 0 Å². The van der Waals surface area contributed by atoms with E-state index in [0.29, 0.717) is 17.0 Å². The number of aromatic nitrogens is 3. The molecule has 1 heterocycles. The minimum absolute atomic E-state index is 0.278. The summed E-state index contributed by atoms with van der Waals surface area (Å²) in [6, 6.07) is 10.4. The number of rotatable bonds is 5. The van der Waals surface area contributed by atoms with Gasteiger partial charge in [0.25, 0.3) is 5.91 Å². The fourth-order valence-corrected chi connectivity index (χ4v) is 3.57. The van der Waals surface area contributed by atoms with Gasteiger partial charge in [-0.1, -0.05) is 23.2 Å². The molecule has 0 aliphatic heterocycles. The molecule has 0 aliphatic rings. The van der Waals surface area contributed by atoms with Crippen LogP contribution in [0.3, 0.4) is 0 Å². The molecule has 1 aromatic heterocycles. The Morgan fingerprint density at radius 2 is 1.85 bits per heavy atom. The van der Waals surface area contributed by atoms with Gasteiger partial charge in [0, 0.05) is 23.2 Å². The van der Waals surface area contributed by atoms with E-state index >= 15 is 0 Å². The normalized spacial score (nSPS) is 10.6. The Morgan fingerprint density at radius 1 is 1.19 bits per heavy atom. The van der Waals surface area contributed by atoms with Gasteiger partial charge in [-0.15, -0.1) is 10.2 Å². The minimum atomic E-state index is -0.315. The van der Waals surface area contributed by atoms with E-state index in [-0.39, 0.29) is 16.0 Å². The first-order chi connectivity index (χ1) is 12.5. The molecule has 0 saturated heterocycles. The van der Waals surface area contributed by atoms with Gasteiger partial charge >= 0.3 is 0 Å². The second-order valence-electron chi connectivity index (χ2n) is 5.28. The Kier molecular flexibility index (Phi) is 5.70. The number of halogens is 2. The van der Waals surface area contributed by atoms with Gasteiger partial charge in [0.2, 0.25) is 0 Å². The monoisotopic (exact) mass is 408 g/mol. The summed E-state index contributed by atoms with van der Waals surface area (Å²) in [5, 5.41) is 12.0. The molecule has 0 fully saturated rings. The summed E-state index contributed by atoms with van der Waals surface area (Å²) in [4.78, 5) is 13.4. The summed E-state index contributed by atoms with van der Waals surface area (Å²) in [5.41, 5.74) is 0.999. The van der Waals surface area contributed by atoms with E-state index in [1.807, 2.05) is 35.9 Å². The molecule has 9 heteroatoms. The van der Waals surface area contributed by atoms with Crippen LogP contribution in [0.2, 0.25) is 10.0 Å². The first-order valence-corrected chi connectivity index (χ1v) is 9.01. The van der Waals surface area contributed by atoms with Crippen molar-refractivity contribution in [2.24, 2.45) is 7.05 Å². The maximum atomic E-state index is 12.4. The van der Waals surface area contributed by atoms with Crippen LogP contribution in [-0.2, 0) is 7.05 Å². The van der Waals surface area contributed by atoms with Crippen LogP contribution in [-0.4, -0.2) is 27.8 Å². The highest BCUT2D eigenvalue weighted by Crippen LogP contribution is 2.34. The smallest absolute Gasteiger partial charge is 0.255 e. The van der Waals surface area contributed by atoms with Gasteiger partial charge in [0.15, 0.2) is 10.9 Å². The molecular weight excluding hydrogens is 395 g/mol. The maximum Gasteiger partial charge on any atom is 0.255 e. The van der Waals surface area contributed by atoms with Crippen LogP contribution < -0.4 is 10.1 Å². The number of anilines is 1. The van der Waals surface area contributed by atoms with E-state index in [1.165, 1.54) is 31.0 Å². The van der Waals surface area contributed by atoms with Crippen molar-refractivity contribution in [3.05, 3.63) is 58.3 Å². The van der Waals surface area contributed by atoms with Crippen molar-refractivity contribution in [3.63, 3.8) is 0 Å². The summed E-state index contributed by atoms with van der Waals surface area (Å²) >= 11 is 13.6. The van der Waals surface area contributed by atoms with Crippen molar-refractivity contribution < 1.29 is 9.53 Å². The summed E-state index contributed by atoms with van der Waals surface area (Å²) in [6.45, 7) is 0. The van der Waals surface area contributed by atoms with Crippen LogP contribution in [0.15, 0.2) is 52.8 Å². The third-order valence-corrected chi connectivity index (χ3v) is 5.08. The second-order valence-corrected chi connectivity index (χ2v) is 7.13. The average molecular weight is 409 g/mol. The number of carbonyl (C=O) groups is 1. The number of hydrogen-bond acceptors (Lipinski definition) is 5. The predicted octanol–water partition coefficient (Wildman–Crippen LogP) is 4.53. The third kappa shape index (κ3) is 4.12. The highest BCUT2D eigenvalue weighted by molar-refractivity contribution is 7.99. The van der Waals surface area contributed by atoms with Crippen molar-refractivity contribution in [2.75, 3.05) is 12.4 Å². The second kappa shape index (κ2) is 7.99. The zero-order valence-electron chi connectivity index (χ0n) is 13.9. The van der Waals surface area contributed by atoms with E-state index in [2.05, 4.69) is 15.5 Å². The molecule has 0 bridgehead atoms. The lowest BCUT2D eigenvalue weighted by Gasteiger charge is -2.10. The summed E-state index contributed by atoms with van der Waals surface area (Å²) in [5.74, 6) is 0.0280. The number of aryl methyl sites for hydroxylation is 1. The third-order valence-electron chi connectivity index (χ3n) is 3.46. The summed E-state index contributed by atoms with van der Waals surface area (Å²) in [7, 11) is 3.34. The fraction of sp³-hybridized carbons (Fsp3) is 0.118. The van der Waals surface area contributed by atoms with Gasteiger partial charge in [-0.05, 0) is 48.2 Å². The molecule has 2 aromatic carbocycles. The number of carbonyl (C=O) groups excluding carboxylic acids is 1. The topological polar surface area (TPSA) is 69.0 Å². The lowest BCUT2D eigenvalue weighted by Crippen LogP contribution is -2.12. The fourth-order valence-electron chi connectivity index (χ4n) is 2.17. The standard InChI is InChI=1S/C17H14Cl2N4O2S/c1-23-9-20-22-17(23)26-12-5-3-11(4-6-12)21-16(24)10-7-13(18)15(25-2)14(19)8-10/h3-9H,1-2H3,(H,21,24). The van der Waals surface area contributed by atoms with E-state index in [9.17, 15) is 4.79 Å². The van der Waals surface area contributed by atoms with Gasteiger partial charge in [-0.25, -0.2) is 0 Å². The van der Waals surface area contributed by atoms with Gasteiger partial charge in [0.05, 0.1) is 17.2 Å². The molecule has 0 radical (unpaired) electrons. The Labute approximate surface area is 164 Å². The molecule has 134 valence electrons. The van der Waals surface area contributed by atoms with Gasteiger partial charge < -0.3 is 14.6 Å². The first kappa shape index (κ1) is 18.6. The zero-order chi connectivity index (χ0) is 18.7. The van der Waals surface area contributed by atoms with Crippen molar-refractivity contribution >= 4 is 46.6 Å². The highest BCUT2D eigenvalue weighted by Gasteiger charge is 2.14. The zero-order valence-corrected chi connectivity index (χ0v) is 16.2. The molecule has 1 amide bonds. The van der Waals surface area contributed by atoms with E-state index in [0.717, 1.165) is 10.1 Å². The molecule has 26 heavy (non-hydrogen) atoms. The Balaban J connectivity index is 1.71. The Bertz CT molecular complexity index is 921. The largest absolute Gasteiger partial charge is 0.494 e. The molecule has 3 rings (SSSR count). The minimum Gasteiger partial charge on any atom is -0.494 e. The van der Waals surface area contributed by atoms with Crippen LogP contribution in [0, 0.1) is 0 Å². The SMILES string of the molecule is COc1c(Cl)cc(C(=O)Nc2ccc(Sc3nncn3C)cc2)cc1Cl. The number of hydrogen-bond donors (Lipinski definition) is 1. The van der Waals surface area contributed by atoms with Crippen molar-refractivity contribution in [1.29, 1.82) is 0 Å². The molecule has 0 spiro atoms. The number of benzene rings is 2. The van der Waals surface area contributed by atoms with Gasteiger partial charge in [-0.2, -0.15) is 0 Å². The number of nitrogens with one attached hydrogen (secondary N) is 1. The van der Waals surface area contributed by atoms with Crippen molar-refractivity contribution in [3.8, 4) is 5.75 Å². The predicted molar refractivity (Wildman–Crippen MR) is 103 cm³/mol. The molecule has 0 atom stereocenters. The van der Waals surface area contributed by atoms with Crippen LogP contribution in [0.5, 0.6) is 5.75 Å². The first-order valence-electron chi connectivity index (χ1n) is 7.44. The summed E-state index contributed by atoms with van der Waals surface area (Å²) < 4.78 is 6.91. The lowest BCUT2D eigenvalue weighted by atomic mass is 10.2.